The van der Waals surface area contributed by atoms with Crippen molar-refractivity contribution >= 4 is 11.3 Å². The first-order chi connectivity index (χ1) is 9.22. The van der Waals surface area contributed by atoms with Crippen molar-refractivity contribution < 1.29 is 0 Å². The quantitative estimate of drug-likeness (QED) is 0.793. The molecule has 0 aliphatic carbocycles. The number of thiazole rings is 1. The summed E-state index contributed by atoms with van der Waals surface area (Å²) in [7, 11) is 0. The molecule has 19 heavy (non-hydrogen) atoms. The van der Waals surface area contributed by atoms with E-state index in [0.717, 1.165) is 30.2 Å². The summed E-state index contributed by atoms with van der Waals surface area (Å²) in [6.07, 6.45) is 2.76. The number of fused-ring (bicyclic) bond motifs is 1. The van der Waals surface area contributed by atoms with E-state index in [-0.39, 0.29) is 0 Å². The molecule has 102 valence electrons. The number of aromatic nitrogens is 3. The topological polar surface area (TPSA) is 65.6 Å². The Morgan fingerprint density at radius 2 is 2.47 bits per heavy atom. The maximum absolute atomic E-state index is 4.52. The highest BCUT2D eigenvalue weighted by atomic mass is 32.1. The normalized spacial score (nSPS) is 20.2. The van der Waals surface area contributed by atoms with Crippen molar-refractivity contribution in [3.8, 4) is 0 Å². The summed E-state index contributed by atoms with van der Waals surface area (Å²) in [6.45, 7) is 6.02. The summed E-state index contributed by atoms with van der Waals surface area (Å²) in [5.41, 5.74) is 3.52. The predicted molar refractivity (Wildman–Crippen MR) is 76.2 cm³/mol. The Hall–Kier alpha value is -1.24. The highest BCUT2D eigenvalue weighted by Gasteiger charge is 2.20. The van der Waals surface area contributed by atoms with Crippen LogP contribution < -0.4 is 10.6 Å². The van der Waals surface area contributed by atoms with E-state index in [1.54, 1.807) is 17.7 Å². The second-order valence-corrected chi connectivity index (χ2v) is 5.96. The summed E-state index contributed by atoms with van der Waals surface area (Å²) in [6, 6.07) is 0.750. The van der Waals surface area contributed by atoms with Crippen LogP contribution in [0.5, 0.6) is 0 Å². The van der Waals surface area contributed by atoms with E-state index < -0.39 is 0 Å². The lowest BCUT2D eigenvalue weighted by Gasteiger charge is -2.24. The van der Waals surface area contributed by atoms with Crippen LogP contribution in [0.15, 0.2) is 11.7 Å². The number of hydrogen-bond donors (Lipinski definition) is 3. The molecule has 0 bridgehead atoms. The van der Waals surface area contributed by atoms with Crippen LogP contribution >= 0.6 is 11.3 Å². The van der Waals surface area contributed by atoms with E-state index in [1.807, 2.05) is 6.92 Å². The van der Waals surface area contributed by atoms with Crippen molar-refractivity contribution in [2.75, 3.05) is 6.54 Å². The minimum Gasteiger partial charge on any atom is -0.347 e. The maximum Gasteiger partial charge on any atom is 0.110 e. The summed E-state index contributed by atoms with van der Waals surface area (Å²) in [4.78, 5) is 12.1. The summed E-state index contributed by atoms with van der Waals surface area (Å²) < 4.78 is 0. The van der Waals surface area contributed by atoms with Gasteiger partial charge in [-0.1, -0.05) is 0 Å². The van der Waals surface area contributed by atoms with Gasteiger partial charge in [0.1, 0.15) is 5.01 Å². The third kappa shape index (κ3) is 2.86. The van der Waals surface area contributed by atoms with Crippen molar-refractivity contribution in [3.63, 3.8) is 0 Å². The molecule has 6 heteroatoms. The second-order valence-electron chi connectivity index (χ2n) is 5.07. The third-order valence-electron chi connectivity index (χ3n) is 3.49. The van der Waals surface area contributed by atoms with Crippen LogP contribution in [-0.4, -0.2) is 27.5 Å². The van der Waals surface area contributed by atoms with Gasteiger partial charge in [0.2, 0.25) is 0 Å². The molecule has 0 saturated carbocycles. The second kappa shape index (κ2) is 5.40. The Bertz CT molecular complexity index is 547. The minimum absolute atomic E-state index is 0.307. The van der Waals surface area contributed by atoms with Gasteiger partial charge in [-0.05, 0) is 13.8 Å². The van der Waals surface area contributed by atoms with Gasteiger partial charge in [0.15, 0.2) is 0 Å². The fourth-order valence-electron chi connectivity index (χ4n) is 2.35. The van der Waals surface area contributed by atoms with E-state index in [2.05, 4.69) is 37.9 Å². The van der Waals surface area contributed by atoms with E-state index >= 15 is 0 Å². The highest BCUT2D eigenvalue weighted by molar-refractivity contribution is 7.09. The van der Waals surface area contributed by atoms with Gasteiger partial charge in [0.05, 0.1) is 23.8 Å². The predicted octanol–water partition coefficient (Wildman–Crippen LogP) is 1.54. The Labute approximate surface area is 116 Å². The van der Waals surface area contributed by atoms with Crippen LogP contribution in [0, 0.1) is 6.92 Å². The molecule has 1 aliphatic heterocycles. The Morgan fingerprint density at radius 3 is 3.26 bits per heavy atom. The molecular formula is C13H19N5S. The van der Waals surface area contributed by atoms with E-state index in [0.29, 0.717) is 12.1 Å². The van der Waals surface area contributed by atoms with Crippen molar-refractivity contribution in [3.05, 3.63) is 33.8 Å². The molecule has 3 heterocycles. The first-order valence-electron chi connectivity index (χ1n) is 6.62. The molecule has 0 spiro atoms. The highest BCUT2D eigenvalue weighted by Crippen LogP contribution is 2.18. The lowest BCUT2D eigenvalue weighted by atomic mass is 10.1. The van der Waals surface area contributed by atoms with E-state index in [4.69, 9.17) is 0 Å². The average Bonchev–Trinajstić information content (AvgIpc) is 3.03. The zero-order valence-corrected chi connectivity index (χ0v) is 12.0. The number of aromatic amines is 1. The van der Waals surface area contributed by atoms with Crippen molar-refractivity contribution in [1.29, 1.82) is 0 Å². The van der Waals surface area contributed by atoms with Crippen LogP contribution in [0.3, 0.4) is 0 Å². The SMILES string of the molecule is Cc1csc(C(C)NCC2Cc3nc[nH]c3CN2)n1. The van der Waals surface area contributed by atoms with E-state index in [1.165, 1.54) is 11.4 Å². The lowest BCUT2D eigenvalue weighted by Crippen LogP contribution is -2.43. The Balaban J connectivity index is 1.53. The van der Waals surface area contributed by atoms with Gasteiger partial charge in [-0.3, -0.25) is 0 Å². The van der Waals surface area contributed by atoms with Gasteiger partial charge in [0, 0.05) is 36.6 Å². The number of aryl methyl sites for hydroxylation is 1. The van der Waals surface area contributed by atoms with Crippen molar-refractivity contribution in [2.24, 2.45) is 0 Å². The van der Waals surface area contributed by atoms with Crippen molar-refractivity contribution in [1.82, 2.24) is 25.6 Å². The molecule has 0 radical (unpaired) electrons. The van der Waals surface area contributed by atoms with E-state index in [9.17, 15) is 0 Å². The number of imidazole rings is 1. The fraction of sp³-hybridized carbons (Fsp3) is 0.538. The van der Waals surface area contributed by atoms with Crippen LogP contribution in [0.2, 0.25) is 0 Å². The molecule has 2 aromatic heterocycles. The Kier molecular flexibility index (Phi) is 3.63. The molecular weight excluding hydrogens is 258 g/mol. The monoisotopic (exact) mass is 277 g/mol. The molecule has 0 fully saturated rings. The van der Waals surface area contributed by atoms with Crippen LogP contribution in [0.4, 0.5) is 0 Å². The number of H-pyrrole nitrogens is 1. The number of nitrogens with one attached hydrogen (secondary N) is 3. The van der Waals surface area contributed by atoms with Gasteiger partial charge in [0.25, 0.3) is 0 Å². The van der Waals surface area contributed by atoms with Gasteiger partial charge in [-0.15, -0.1) is 11.3 Å². The zero-order chi connectivity index (χ0) is 13.2. The first kappa shape index (κ1) is 12.8. The number of nitrogens with zero attached hydrogens (tertiary/aromatic N) is 2. The molecule has 3 N–H and O–H groups in total. The number of rotatable bonds is 4. The minimum atomic E-state index is 0.307. The molecule has 2 atom stereocenters. The summed E-state index contributed by atoms with van der Waals surface area (Å²) >= 11 is 1.72. The molecule has 2 aromatic rings. The van der Waals surface area contributed by atoms with Crippen LogP contribution in [0.1, 0.15) is 35.1 Å². The standard InChI is InChI=1S/C13H19N5S/c1-8-6-19-13(18-8)9(2)14-4-10-3-11-12(5-15-10)17-7-16-11/h6-7,9-10,14-15H,3-5H2,1-2H3,(H,16,17). The largest absolute Gasteiger partial charge is 0.347 e. The molecule has 0 aromatic carbocycles. The van der Waals surface area contributed by atoms with Crippen molar-refractivity contribution in [2.45, 2.75) is 38.9 Å². The summed E-state index contributed by atoms with van der Waals surface area (Å²) in [5, 5.41) is 10.3. The first-order valence-corrected chi connectivity index (χ1v) is 7.50. The number of hydrogen-bond acceptors (Lipinski definition) is 5. The lowest BCUT2D eigenvalue weighted by molar-refractivity contribution is 0.420. The molecule has 3 rings (SSSR count). The molecule has 0 saturated heterocycles. The molecule has 1 aliphatic rings. The molecule has 5 nitrogen and oxygen atoms in total. The van der Waals surface area contributed by atoms with Gasteiger partial charge < -0.3 is 15.6 Å². The summed E-state index contributed by atoms with van der Waals surface area (Å²) in [5.74, 6) is 0. The van der Waals surface area contributed by atoms with Gasteiger partial charge in [-0.2, -0.15) is 0 Å². The van der Waals surface area contributed by atoms with Gasteiger partial charge >= 0.3 is 0 Å². The van der Waals surface area contributed by atoms with Crippen LogP contribution in [-0.2, 0) is 13.0 Å². The van der Waals surface area contributed by atoms with Crippen LogP contribution in [0.25, 0.3) is 0 Å². The Morgan fingerprint density at radius 1 is 1.58 bits per heavy atom. The maximum atomic E-state index is 4.52. The zero-order valence-electron chi connectivity index (χ0n) is 11.2. The molecule has 2 unspecified atom stereocenters. The fourth-order valence-corrected chi connectivity index (χ4v) is 3.18. The smallest absolute Gasteiger partial charge is 0.110 e. The average molecular weight is 277 g/mol. The van der Waals surface area contributed by atoms with Gasteiger partial charge in [-0.25, -0.2) is 9.97 Å². The third-order valence-corrected chi connectivity index (χ3v) is 4.64. The molecule has 0 amide bonds.